The molecule has 4 rings (SSSR count). The van der Waals surface area contributed by atoms with Gasteiger partial charge in [0, 0.05) is 11.8 Å². The molecule has 0 atom stereocenters. The number of rotatable bonds is 8. The fourth-order valence-electron chi connectivity index (χ4n) is 3.26. The molecular formula is C28H21F2N3O3. The first-order valence-electron chi connectivity index (χ1n) is 11.0. The molecule has 6 nitrogen and oxygen atoms in total. The lowest BCUT2D eigenvalue weighted by Gasteiger charge is -2.13. The van der Waals surface area contributed by atoms with E-state index in [4.69, 9.17) is 4.74 Å². The average molecular weight is 485 g/mol. The molecule has 0 aliphatic carbocycles. The van der Waals surface area contributed by atoms with Gasteiger partial charge in [-0.3, -0.25) is 14.6 Å². The highest BCUT2D eigenvalue weighted by molar-refractivity contribution is 6.29. The Bertz CT molecular complexity index is 1350. The molecule has 8 heteroatoms. The summed E-state index contributed by atoms with van der Waals surface area (Å²) in [7, 11) is 0. The van der Waals surface area contributed by atoms with E-state index in [0.29, 0.717) is 17.0 Å². The fraction of sp³-hybridized carbons (Fsp3) is 0.0357. The van der Waals surface area contributed by atoms with Crippen LogP contribution in [0.25, 0.3) is 6.08 Å². The summed E-state index contributed by atoms with van der Waals surface area (Å²) in [5.74, 6) is -2.71. The van der Waals surface area contributed by atoms with E-state index >= 15 is 0 Å². The van der Waals surface area contributed by atoms with Gasteiger partial charge in [-0.2, -0.15) is 0 Å². The maximum Gasteiger partial charge on any atom is 0.261 e. The number of pyridine rings is 1. The summed E-state index contributed by atoms with van der Waals surface area (Å²) >= 11 is 0. The zero-order chi connectivity index (χ0) is 25.3. The van der Waals surface area contributed by atoms with Gasteiger partial charge in [0.15, 0.2) is 0 Å². The van der Waals surface area contributed by atoms with Crippen molar-refractivity contribution < 1.29 is 23.1 Å². The van der Waals surface area contributed by atoms with Crippen LogP contribution in [0.5, 0.6) is 5.75 Å². The Hall–Kier alpha value is -4.85. The second-order valence-corrected chi connectivity index (χ2v) is 7.57. The number of carbonyl (C=O) groups excluding carboxylic acids is 2. The van der Waals surface area contributed by atoms with Crippen LogP contribution in [0.2, 0.25) is 0 Å². The second-order valence-electron chi connectivity index (χ2n) is 7.57. The Kier molecular flexibility index (Phi) is 7.77. The molecular weight excluding hydrogens is 464 g/mol. The Morgan fingerprint density at radius 1 is 0.750 bits per heavy atom. The van der Waals surface area contributed by atoms with Crippen LogP contribution in [-0.2, 0) is 16.2 Å². The van der Waals surface area contributed by atoms with Gasteiger partial charge in [0.05, 0.1) is 17.1 Å². The molecule has 0 radical (unpaired) electrons. The van der Waals surface area contributed by atoms with E-state index in [1.54, 1.807) is 54.7 Å². The van der Waals surface area contributed by atoms with Gasteiger partial charge in [-0.15, -0.1) is 0 Å². The summed E-state index contributed by atoms with van der Waals surface area (Å²) in [6, 6.07) is 23.3. The predicted molar refractivity (Wildman–Crippen MR) is 133 cm³/mol. The van der Waals surface area contributed by atoms with E-state index in [9.17, 15) is 18.4 Å². The summed E-state index contributed by atoms with van der Waals surface area (Å²) in [6.07, 6.45) is 2.95. The van der Waals surface area contributed by atoms with Gasteiger partial charge in [0.25, 0.3) is 11.8 Å². The zero-order valence-corrected chi connectivity index (χ0v) is 18.9. The van der Waals surface area contributed by atoms with Crippen LogP contribution in [0.3, 0.4) is 0 Å². The molecule has 1 aromatic heterocycles. The van der Waals surface area contributed by atoms with Crippen molar-refractivity contribution in [1.29, 1.82) is 0 Å². The number of nitrogens with zero attached hydrogens (tertiary/aromatic N) is 1. The van der Waals surface area contributed by atoms with Crippen molar-refractivity contribution in [2.45, 2.75) is 6.61 Å². The van der Waals surface area contributed by atoms with Crippen LogP contribution in [0.1, 0.15) is 11.3 Å². The largest absolute Gasteiger partial charge is 0.487 e. The number of para-hydroxylation sites is 3. The number of hydrogen-bond donors (Lipinski definition) is 2. The first-order chi connectivity index (χ1) is 17.5. The van der Waals surface area contributed by atoms with Gasteiger partial charge in [0.1, 0.15) is 29.6 Å². The zero-order valence-electron chi connectivity index (χ0n) is 18.9. The number of anilines is 2. The second kappa shape index (κ2) is 11.5. The summed E-state index contributed by atoms with van der Waals surface area (Å²) in [5, 5.41) is 4.80. The highest BCUT2D eigenvalue weighted by Gasteiger charge is 2.21. The van der Waals surface area contributed by atoms with Crippen molar-refractivity contribution in [1.82, 2.24) is 4.98 Å². The average Bonchev–Trinajstić information content (AvgIpc) is 2.89. The minimum absolute atomic E-state index is 0.105. The van der Waals surface area contributed by atoms with Crippen molar-refractivity contribution in [3.8, 4) is 5.75 Å². The molecule has 0 saturated heterocycles. The van der Waals surface area contributed by atoms with E-state index in [-0.39, 0.29) is 23.6 Å². The lowest BCUT2D eigenvalue weighted by Crippen LogP contribution is -2.26. The molecule has 4 aromatic rings. The maximum atomic E-state index is 14.2. The van der Waals surface area contributed by atoms with Crippen molar-refractivity contribution in [3.05, 3.63) is 126 Å². The van der Waals surface area contributed by atoms with Gasteiger partial charge in [0.2, 0.25) is 0 Å². The molecule has 36 heavy (non-hydrogen) atoms. The minimum atomic E-state index is -0.881. The van der Waals surface area contributed by atoms with Crippen LogP contribution < -0.4 is 15.4 Å². The lowest BCUT2D eigenvalue weighted by atomic mass is 10.1. The van der Waals surface area contributed by atoms with Crippen LogP contribution in [0.15, 0.2) is 103 Å². The molecule has 1 heterocycles. The number of amides is 2. The Morgan fingerprint density at radius 3 is 1.89 bits per heavy atom. The minimum Gasteiger partial charge on any atom is -0.487 e. The van der Waals surface area contributed by atoms with Crippen molar-refractivity contribution in [2.75, 3.05) is 10.6 Å². The van der Waals surface area contributed by atoms with Crippen molar-refractivity contribution in [2.24, 2.45) is 0 Å². The molecule has 0 aliphatic heterocycles. The Morgan fingerprint density at radius 2 is 1.31 bits per heavy atom. The third kappa shape index (κ3) is 6.18. The van der Waals surface area contributed by atoms with Crippen LogP contribution in [0.4, 0.5) is 20.2 Å². The maximum absolute atomic E-state index is 14.2. The molecule has 0 fully saturated rings. The SMILES string of the molecule is O=C(Nc1ccccc1F)C(=Cc1ccccc1OCc1ccccn1)C(=O)Nc1ccccc1F. The first kappa shape index (κ1) is 24.3. The number of benzene rings is 3. The van der Waals surface area contributed by atoms with Crippen molar-refractivity contribution in [3.63, 3.8) is 0 Å². The molecule has 3 aromatic carbocycles. The van der Waals surface area contributed by atoms with Gasteiger partial charge in [-0.05, 0) is 48.5 Å². The molecule has 0 bridgehead atoms. The van der Waals surface area contributed by atoms with E-state index in [2.05, 4.69) is 15.6 Å². The van der Waals surface area contributed by atoms with E-state index in [1.165, 1.54) is 42.5 Å². The smallest absolute Gasteiger partial charge is 0.261 e. The molecule has 180 valence electrons. The molecule has 0 spiro atoms. The number of hydrogen-bond acceptors (Lipinski definition) is 4. The highest BCUT2D eigenvalue weighted by atomic mass is 19.1. The topological polar surface area (TPSA) is 80.3 Å². The lowest BCUT2D eigenvalue weighted by molar-refractivity contribution is -0.118. The van der Waals surface area contributed by atoms with Crippen molar-refractivity contribution >= 4 is 29.3 Å². The molecule has 2 N–H and O–H groups in total. The van der Waals surface area contributed by atoms with Crippen LogP contribution in [0, 0.1) is 11.6 Å². The number of carbonyl (C=O) groups is 2. The first-order valence-corrected chi connectivity index (χ1v) is 11.0. The fourth-order valence-corrected chi connectivity index (χ4v) is 3.26. The Labute approximate surface area is 206 Å². The highest BCUT2D eigenvalue weighted by Crippen LogP contribution is 2.24. The molecule has 0 aliphatic rings. The van der Waals surface area contributed by atoms with Gasteiger partial charge >= 0.3 is 0 Å². The quantitative estimate of drug-likeness (QED) is 0.193. The third-order valence-electron chi connectivity index (χ3n) is 5.05. The third-order valence-corrected chi connectivity index (χ3v) is 5.05. The number of halogens is 2. The Balaban J connectivity index is 1.66. The summed E-state index contributed by atoms with van der Waals surface area (Å²) in [5.41, 5.74) is 0.510. The van der Waals surface area contributed by atoms with E-state index in [0.717, 1.165) is 0 Å². The standard InChI is InChI=1S/C28H21F2N3O3/c29-22-11-2-4-13-24(22)32-27(34)21(28(35)33-25-14-5-3-12-23(25)30)17-19-9-1-6-15-26(19)36-18-20-10-7-8-16-31-20/h1-17H,18H2,(H,32,34)(H,33,35). The van der Waals surface area contributed by atoms with Gasteiger partial charge in [-0.1, -0.05) is 48.5 Å². The van der Waals surface area contributed by atoms with Gasteiger partial charge in [-0.25, -0.2) is 8.78 Å². The molecule has 0 saturated carbocycles. The summed E-state index contributed by atoms with van der Waals surface area (Å²) < 4.78 is 34.2. The monoisotopic (exact) mass is 485 g/mol. The van der Waals surface area contributed by atoms with Crippen LogP contribution in [-0.4, -0.2) is 16.8 Å². The number of ether oxygens (including phenoxy) is 1. The van der Waals surface area contributed by atoms with E-state index < -0.39 is 23.4 Å². The molecule has 0 unspecified atom stereocenters. The molecule has 2 amide bonds. The number of aromatic nitrogens is 1. The van der Waals surface area contributed by atoms with Crippen LogP contribution >= 0.6 is 0 Å². The predicted octanol–water partition coefficient (Wildman–Crippen LogP) is 5.60. The summed E-state index contributed by atoms with van der Waals surface area (Å²) in [4.78, 5) is 30.5. The normalized spacial score (nSPS) is 10.3. The summed E-state index contributed by atoms with van der Waals surface area (Å²) in [6.45, 7) is 0.157. The van der Waals surface area contributed by atoms with E-state index in [1.807, 2.05) is 6.07 Å². The number of nitrogens with one attached hydrogen (secondary N) is 2. The van der Waals surface area contributed by atoms with Gasteiger partial charge < -0.3 is 15.4 Å².